The lowest BCUT2D eigenvalue weighted by Gasteiger charge is -2.09. The number of anilines is 1. The summed E-state index contributed by atoms with van der Waals surface area (Å²) >= 11 is 5.70. The number of halogens is 3. The van der Waals surface area contributed by atoms with Crippen molar-refractivity contribution in [3.05, 3.63) is 52.6 Å². The lowest BCUT2D eigenvalue weighted by Crippen LogP contribution is -2.04. The van der Waals surface area contributed by atoms with Crippen LogP contribution in [0.3, 0.4) is 0 Å². The summed E-state index contributed by atoms with van der Waals surface area (Å²) in [5.41, 5.74) is 6.47. The molecule has 0 atom stereocenters. The Morgan fingerprint density at radius 2 is 2.00 bits per heavy atom. The van der Waals surface area contributed by atoms with E-state index < -0.39 is 11.6 Å². The van der Waals surface area contributed by atoms with Gasteiger partial charge < -0.3 is 5.73 Å². The molecule has 0 spiro atoms. The molecule has 2 aromatic carbocycles. The summed E-state index contributed by atoms with van der Waals surface area (Å²) in [4.78, 5) is 4.05. The summed E-state index contributed by atoms with van der Waals surface area (Å²) < 4.78 is 28.7. The standard InChI is InChI=1S/C14H7ClF2N4/c15-8-4-11-13(5-10(8)17)21(14(19)20-11)12-3-1-2-9(16)7(12)6-18/h1-5H,(H2,19,20). The minimum atomic E-state index is -0.689. The van der Waals surface area contributed by atoms with E-state index in [2.05, 4.69) is 4.98 Å². The number of benzene rings is 2. The van der Waals surface area contributed by atoms with Crippen LogP contribution in [0.2, 0.25) is 5.02 Å². The second-order valence-electron chi connectivity index (χ2n) is 4.31. The highest BCUT2D eigenvalue weighted by molar-refractivity contribution is 6.31. The monoisotopic (exact) mass is 304 g/mol. The van der Waals surface area contributed by atoms with Gasteiger partial charge in [0.2, 0.25) is 5.95 Å². The van der Waals surface area contributed by atoms with E-state index in [0.717, 1.165) is 12.1 Å². The number of aromatic nitrogens is 2. The molecule has 0 bridgehead atoms. The Balaban J connectivity index is 2.41. The fourth-order valence-corrected chi connectivity index (χ4v) is 2.31. The van der Waals surface area contributed by atoms with Gasteiger partial charge in [0.25, 0.3) is 0 Å². The predicted molar refractivity (Wildman–Crippen MR) is 75.1 cm³/mol. The van der Waals surface area contributed by atoms with Gasteiger partial charge in [-0.25, -0.2) is 13.8 Å². The molecule has 2 N–H and O–H groups in total. The molecule has 0 aliphatic carbocycles. The Morgan fingerprint density at radius 3 is 2.71 bits per heavy atom. The van der Waals surface area contributed by atoms with Gasteiger partial charge in [0.1, 0.15) is 23.3 Å². The molecule has 0 unspecified atom stereocenters. The maximum absolute atomic E-state index is 13.7. The van der Waals surface area contributed by atoms with Crippen LogP contribution in [0.4, 0.5) is 14.7 Å². The summed E-state index contributed by atoms with van der Waals surface area (Å²) in [5, 5.41) is 9.01. The van der Waals surface area contributed by atoms with Gasteiger partial charge in [0.15, 0.2) is 0 Å². The van der Waals surface area contributed by atoms with E-state index in [1.807, 2.05) is 0 Å². The topological polar surface area (TPSA) is 67.6 Å². The average Bonchev–Trinajstić information content (AvgIpc) is 2.74. The van der Waals surface area contributed by atoms with Crippen molar-refractivity contribution < 1.29 is 8.78 Å². The molecule has 1 aromatic heterocycles. The first-order valence-corrected chi connectivity index (χ1v) is 6.22. The third kappa shape index (κ3) is 1.99. The number of nitrogens with two attached hydrogens (primary N) is 1. The van der Waals surface area contributed by atoms with Gasteiger partial charge in [0.05, 0.1) is 21.7 Å². The van der Waals surface area contributed by atoms with Crippen molar-refractivity contribution >= 4 is 28.6 Å². The van der Waals surface area contributed by atoms with Crippen molar-refractivity contribution in [1.82, 2.24) is 9.55 Å². The molecule has 0 saturated heterocycles. The Labute approximate surface area is 123 Å². The highest BCUT2D eigenvalue weighted by Gasteiger charge is 2.17. The van der Waals surface area contributed by atoms with E-state index in [-0.39, 0.29) is 22.2 Å². The van der Waals surface area contributed by atoms with Crippen LogP contribution >= 0.6 is 11.6 Å². The maximum atomic E-state index is 13.7. The van der Waals surface area contributed by atoms with Crippen molar-refractivity contribution in [2.24, 2.45) is 0 Å². The summed E-state index contributed by atoms with van der Waals surface area (Å²) in [7, 11) is 0. The number of nitrogens with zero attached hydrogens (tertiary/aromatic N) is 3. The van der Waals surface area contributed by atoms with Crippen LogP contribution in [0, 0.1) is 23.0 Å². The zero-order valence-corrected chi connectivity index (χ0v) is 11.2. The number of nitriles is 1. The Morgan fingerprint density at radius 1 is 1.24 bits per heavy atom. The number of rotatable bonds is 1. The molecule has 0 radical (unpaired) electrons. The van der Waals surface area contributed by atoms with Gasteiger partial charge in [-0.3, -0.25) is 4.57 Å². The molecule has 7 heteroatoms. The van der Waals surface area contributed by atoms with Crippen LogP contribution in [0.15, 0.2) is 30.3 Å². The predicted octanol–water partition coefficient (Wildman–Crippen LogP) is 3.41. The van der Waals surface area contributed by atoms with E-state index in [9.17, 15) is 8.78 Å². The minimum Gasteiger partial charge on any atom is -0.369 e. The van der Waals surface area contributed by atoms with Gasteiger partial charge in [-0.15, -0.1) is 0 Å². The van der Waals surface area contributed by atoms with Crippen LogP contribution in [-0.4, -0.2) is 9.55 Å². The van der Waals surface area contributed by atoms with Crippen LogP contribution in [0.5, 0.6) is 0 Å². The third-order valence-corrected chi connectivity index (χ3v) is 3.36. The molecule has 0 amide bonds. The number of imidazole rings is 1. The van der Waals surface area contributed by atoms with Crippen LogP contribution in [0.25, 0.3) is 16.7 Å². The first kappa shape index (κ1) is 13.3. The third-order valence-electron chi connectivity index (χ3n) is 3.07. The van der Waals surface area contributed by atoms with Gasteiger partial charge in [-0.2, -0.15) is 5.26 Å². The largest absolute Gasteiger partial charge is 0.369 e. The Bertz CT molecular complexity index is 911. The normalized spacial score (nSPS) is 10.8. The van der Waals surface area contributed by atoms with Gasteiger partial charge in [-0.1, -0.05) is 17.7 Å². The summed E-state index contributed by atoms with van der Waals surface area (Å²) in [5.74, 6) is -1.33. The fourth-order valence-electron chi connectivity index (χ4n) is 2.15. The van der Waals surface area contributed by atoms with E-state index in [4.69, 9.17) is 22.6 Å². The summed E-state index contributed by atoms with van der Waals surface area (Å²) in [6.45, 7) is 0. The second-order valence-corrected chi connectivity index (χ2v) is 4.71. The number of nitrogen functional groups attached to an aromatic ring is 1. The Kier molecular flexibility index (Phi) is 3.00. The number of fused-ring (bicyclic) bond motifs is 1. The first-order valence-electron chi connectivity index (χ1n) is 5.85. The lowest BCUT2D eigenvalue weighted by atomic mass is 10.1. The van der Waals surface area contributed by atoms with E-state index >= 15 is 0 Å². The Hall–Kier alpha value is -2.65. The second kappa shape index (κ2) is 4.72. The first-order chi connectivity index (χ1) is 10.0. The smallest absolute Gasteiger partial charge is 0.205 e. The van der Waals surface area contributed by atoms with Gasteiger partial charge in [0, 0.05) is 6.07 Å². The molecule has 0 aliphatic heterocycles. The van der Waals surface area contributed by atoms with Gasteiger partial charge >= 0.3 is 0 Å². The number of hydrogen-bond donors (Lipinski definition) is 1. The van der Waals surface area contributed by atoms with Crippen molar-refractivity contribution in [1.29, 1.82) is 5.26 Å². The maximum Gasteiger partial charge on any atom is 0.205 e. The highest BCUT2D eigenvalue weighted by atomic mass is 35.5. The SMILES string of the molecule is N#Cc1c(F)cccc1-n1c(N)nc2cc(Cl)c(F)cc21. The van der Waals surface area contributed by atoms with E-state index in [0.29, 0.717) is 11.0 Å². The quantitative estimate of drug-likeness (QED) is 0.749. The molecule has 0 aliphatic rings. The molecule has 4 nitrogen and oxygen atoms in total. The van der Waals surface area contributed by atoms with Crippen LogP contribution < -0.4 is 5.73 Å². The summed E-state index contributed by atoms with van der Waals surface area (Å²) in [6, 6.07) is 8.34. The molecule has 104 valence electrons. The molecule has 21 heavy (non-hydrogen) atoms. The van der Waals surface area contributed by atoms with Crippen molar-refractivity contribution in [2.45, 2.75) is 0 Å². The molecule has 3 aromatic rings. The molecular weight excluding hydrogens is 298 g/mol. The molecule has 3 rings (SSSR count). The van der Waals surface area contributed by atoms with E-state index in [1.54, 1.807) is 6.07 Å². The molecule has 1 heterocycles. The zero-order chi connectivity index (χ0) is 15.1. The fraction of sp³-hybridized carbons (Fsp3) is 0. The van der Waals surface area contributed by atoms with Crippen LogP contribution in [-0.2, 0) is 0 Å². The molecule has 0 fully saturated rings. The van der Waals surface area contributed by atoms with Gasteiger partial charge in [-0.05, 0) is 18.2 Å². The number of hydrogen-bond acceptors (Lipinski definition) is 3. The molecular formula is C14H7ClF2N4. The van der Waals surface area contributed by atoms with Crippen molar-refractivity contribution in [3.63, 3.8) is 0 Å². The lowest BCUT2D eigenvalue weighted by molar-refractivity contribution is 0.622. The van der Waals surface area contributed by atoms with E-state index in [1.165, 1.54) is 22.8 Å². The average molecular weight is 305 g/mol. The van der Waals surface area contributed by atoms with Crippen molar-refractivity contribution in [2.75, 3.05) is 5.73 Å². The zero-order valence-electron chi connectivity index (χ0n) is 10.4. The van der Waals surface area contributed by atoms with Crippen LogP contribution in [0.1, 0.15) is 5.56 Å². The summed E-state index contributed by atoms with van der Waals surface area (Å²) in [6.07, 6.45) is 0. The highest BCUT2D eigenvalue weighted by Crippen LogP contribution is 2.29. The molecule has 0 saturated carbocycles. The minimum absolute atomic E-state index is 0.00812. The van der Waals surface area contributed by atoms with Crippen molar-refractivity contribution in [3.8, 4) is 11.8 Å².